The first kappa shape index (κ1) is 11.2. The predicted molar refractivity (Wildman–Crippen MR) is 55.3 cm³/mol. The molecule has 1 aromatic carbocycles. The van der Waals surface area contributed by atoms with Crippen molar-refractivity contribution in [3.63, 3.8) is 0 Å². The van der Waals surface area contributed by atoms with Gasteiger partial charge in [0.2, 0.25) is 0 Å². The van der Waals surface area contributed by atoms with Crippen molar-refractivity contribution in [3.8, 4) is 5.75 Å². The van der Waals surface area contributed by atoms with E-state index < -0.39 is 5.82 Å². The molecule has 0 fully saturated rings. The van der Waals surface area contributed by atoms with E-state index >= 15 is 0 Å². The van der Waals surface area contributed by atoms with E-state index in [1.165, 1.54) is 12.1 Å². The maximum absolute atomic E-state index is 13.1. The van der Waals surface area contributed by atoms with Crippen LogP contribution in [0.3, 0.4) is 0 Å². The molecule has 1 aromatic rings. The third kappa shape index (κ3) is 2.32. The van der Waals surface area contributed by atoms with Gasteiger partial charge in [0.25, 0.3) is 0 Å². The zero-order chi connectivity index (χ0) is 10.6. The van der Waals surface area contributed by atoms with Crippen molar-refractivity contribution in [2.75, 3.05) is 6.61 Å². The number of hydrogen-bond acceptors (Lipinski definition) is 2. The molecule has 0 heterocycles. The van der Waals surface area contributed by atoms with Crippen LogP contribution in [0.2, 0.25) is 0 Å². The molecule has 0 saturated carbocycles. The first-order chi connectivity index (χ1) is 6.70. The summed E-state index contributed by atoms with van der Waals surface area (Å²) in [6.07, 6.45) is 1.27. The smallest absolute Gasteiger partial charge is 0.156 e. The van der Waals surface area contributed by atoms with Crippen molar-refractivity contribution in [1.29, 1.82) is 0 Å². The van der Waals surface area contributed by atoms with Crippen molar-refractivity contribution >= 4 is 22.2 Å². The highest BCUT2D eigenvalue weighted by molar-refractivity contribution is 9.10. The summed E-state index contributed by atoms with van der Waals surface area (Å²) < 4.78 is 19.0. The fraction of sp³-hybridized carbons (Fsp3) is 0.300. The average molecular weight is 261 g/mol. The lowest BCUT2D eigenvalue weighted by Gasteiger charge is -2.09. The highest BCUT2D eigenvalue weighted by Crippen LogP contribution is 2.30. The highest BCUT2D eigenvalue weighted by Gasteiger charge is 2.12. The molecule has 0 bridgehead atoms. The molecule has 0 amide bonds. The first-order valence-electron chi connectivity index (χ1n) is 4.26. The van der Waals surface area contributed by atoms with Gasteiger partial charge in [0.05, 0.1) is 16.6 Å². The number of rotatable bonds is 4. The summed E-state index contributed by atoms with van der Waals surface area (Å²) in [6.45, 7) is 2.40. The molecule has 0 N–H and O–H groups in total. The standard InChI is InChI=1S/C10H10BrFO2/c1-2-5-14-10-7(6-13)9(12)4-3-8(10)11/h3-4,6H,2,5H2,1H3. The van der Waals surface area contributed by atoms with Crippen LogP contribution in [-0.4, -0.2) is 12.9 Å². The van der Waals surface area contributed by atoms with E-state index in [1.54, 1.807) is 0 Å². The largest absolute Gasteiger partial charge is 0.492 e. The SMILES string of the molecule is CCCOc1c(Br)ccc(F)c1C=O. The number of aldehydes is 1. The molecule has 76 valence electrons. The second-order valence-electron chi connectivity index (χ2n) is 2.74. The van der Waals surface area contributed by atoms with Gasteiger partial charge in [0, 0.05) is 0 Å². The number of hydrogen-bond donors (Lipinski definition) is 0. The predicted octanol–water partition coefficient (Wildman–Crippen LogP) is 3.19. The lowest BCUT2D eigenvalue weighted by Crippen LogP contribution is -2.01. The third-order valence-corrected chi connectivity index (χ3v) is 2.29. The fourth-order valence-corrected chi connectivity index (χ4v) is 1.47. The van der Waals surface area contributed by atoms with Crippen molar-refractivity contribution in [3.05, 3.63) is 28.0 Å². The molecule has 0 radical (unpaired) electrons. The van der Waals surface area contributed by atoms with E-state index in [2.05, 4.69) is 15.9 Å². The number of benzene rings is 1. The number of carbonyl (C=O) groups excluding carboxylic acids is 1. The van der Waals surface area contributed by atoms with Crippen LogP contribution in [0.15, 0.2) is 16.6 Å². The summed E-state index contributed by atoms with van der Waals surface area (Å²) in [5, 5.41) is 0. The van der Waals surface area contributed by atoms with E-state index in [0.717, 1.165) is 6.42 Å². The van der Waals surface area contributed by atoms with Crippen LogP contribution in [0.25, 0.3) is 0 Å². The maximum atomic E-state index is 13.1. The number of halogens is 2. The van der Waals surface area contributed by atoms with Gasteiger partial charge in [-0.05, 0) is 34.5 Å². The highest BCUT2D eigenvalue weighted by atomic mass is 79.9. The monoisotopic (exact) mass is 260 g/mol. The summed E-state index contributed by atoms with van der Waals surface area (Å²) in [7, 11) is 0. The zero-order valence-electron chi connectivity index (χ0n) is 7.72. The molecular formula is C10H10BrFO2. The number of carbonyl (C=O) groups is 1. The molecular weight excluding hydrogens is 251 g/mol. The van der Waals surface area contributed by atoms with E-state index in [-0.39, 0.29) is 11.3 Å². The van der Waals surface area contributed by atoms with E-state index in [9.17, 15) is 9.18 Å². The van der Waals surface area contributed by atoms with Crippen LogP contribution in [0.1, 0.15) is 23.7 Å². The Labute approximate surface area is 90.2 Å². The lowest BCUT2D eigenvalue weighted by molar-refractivity contribution is 0.111. The maximum Gasteiger partial charge on any atom is 0.156 e. The molecule has 0 aromatic heterocycles. The van der Waals surface area contributed by atoms with Crippen LogP contribution in [0, 0.1) is 5.82 Å². The average Bonchev–Trinajstić information content (AvgIpc) is 2.19. The molecule has 1 rings (SSSR count). The summed E-state index contributed by atoms with van der Waals surface area (Å²) in [4.78, 5) is 10.6. The van der Waals surface area contributed by atoms with Crippen molar-refractivity contribution in [1.82, 2.24) is 0 Å². The molecule has 0 atom stereocenters. The molecule has 0 unspecified atom stereocenters. The number of ether oxygens (including phenoxy) is 1. The molecule has 0 aliphatic heterocycles. The Morgan fingerprint density at radius 3 is 2.86 bits per heavy atom. The zero-order valence-corrected chi connectivity index (χ0v) is 9.30. The normalized spacial score (nSPS) is 9.93. The molecule has 0 saturated heterocycles. The van der Waals surface area contributed by atoms with Gasteiger partial charge in [-0.1, -0.05) is 6.92 Å². The Hall–Kier alpha value is -0.900. The topological polar surface area (TPSA) is 26.3 Å². The summed E-state index contributed by atoms with van der Waals surface area (Å²) in [6, 6.07) is 2.75. The van der Waals surface area contributed by atoms with Crippen LogP contribution >= 0.6 is 15.9 Å². The molecule has 0 aliphatic carbocycles. The molecule has 0 spiro atoms. The van der Waals surface area contributed by atoms with Gasteiger partial charge < -0.3 is 4.74 Å². The van der Waals surface area contributed by atoms with Gasteiger partial charge >= 0.3 is 0 Å². The van der Waals surface area contributed by atoms with Gasteiger partial charge in [0.15, 0.2) is 6.29 Å². The Morgan fingerprint density at radius 1 is 1.57 bits per heavy atom. The van der Waals surface area contributed by atoms with Gasteiger partial charge in [-0.2, -0.15) is 0 Å². The summed E-state index contributed by atoms with van der Waals surface area (Å²) >= 11 is 3.20. The fourth-order valence-electron chi connectivity index (χ4n) is 1.01. The van der Waals surface area contributed by atoms with Crippen molar-refractivity contribution in [2.24, 2.45) is 0 Å². The van der Waals surface area contributed by atoms with Gasteiger partial charge in [-0.25, -0.2) is 4.39 Å². The van der Waals surface area contributed by atoms with Crippen LogP contribution in [0.4, 0.5) is 4.39 Å². The Bertz CT molecular complexity index is 339. The second kappa shape index (κ2) is 5.10. The van der Waals surface area contributed by atoms with Crippen molar-refractivity contribution in [2.45, 2.75) is 13.3 Å². The Kier molecular flexibility index (Phi) is 4.07. The molecule has 14 heavy (non-hydrogen) atoms. The first-order valence-corrected chi connectivity index (χ1v) is 5.06. The molecule has 2 nitrogen and oxygen atoms in total. The molecule has 0 aliphatic rings. The molecule has 4 heteroatoms. The van der Waals surface area contributed by atoms with Gasteiger partial charge in [0.1, 0.15) is 11.6 Å². The van der Waals surface area contributed by atoms with E-state index in [4.69, 9.17) is 4.74 Å². The van der Waals surface area contributed by atoms with Crippen molar-refractivity contribution < 1.29 is 13.9 Å². The van der Waals surface area contributed by atoms with Gasteiger partial charge in [-0.15, -0.1) is 0 Å². The summed E-state index contributed by atoms with van der Waals surface area (Å²) in [5.74, 6) is -0.281. The third-order valence-electron chi connectivity index (χ3n) is 1.66. The quantitative estimate of drug-likeness (QED) is 0.778. The minimum Gasteiger partial charge on any atom is -0.492 e. The lowest BCUT2D eigenvalue weighted by atomic mass is 10.2. The van der Waals surface area contributed by atoms with Gasteiger partial charge in [-0.3, -0.25) is 4.79 Å². The van der Waals surface area contributed by atoms with E-state index in [0.29, 0.717) is 17.4 Å². The second-order valence-corrected chi connectivity index (χ2v) is 3.59. The summed E-state index contributed by atoms with van der Waals surface area (Å²) in [5.41, 5.74) is -0.0344. The Balaban J connectivity index is 3.09. The minimum atomic E-state index is -0.561. The van der Waals surface area contributed by atoms with E-state index in [1.807, 2.05) is 6.92 Å². The van der Waals surface area contributed by atoms with Crippen LogP contribution in [-0.2, 0) is 0 Å². The van der Waals surface area contributed by atoms with Crippen LogP contribution in [0.5, 0.6) is 5.75 Å². The van der Waals surface area contributed by atoms with Crippen LogP contribution < -0.4 is 4.74 Å². The Morgan fingerprint density at radius 2 is 2.29 bits per heavy atom. The minimum absolute atomic E-state index is 0.0344.